The lowest BCUT2D eigenvalue weighted by molar-refractivity contribution is 0.0920. The lowest BCUT2D eigenvalue weighted by atomic mass is 10.1. The molecule has 1 aliphatic rings. The van der Waals surface area contributed by atoms with Crippen LogP contribution in [0.3, 0.4) is 0 Å². The Kier molecular flexibility index (Phi) is 3.26. The molecule has 0 aliphatic carbocycles. The SMILES string of the molecule is Cc1cc(C(=O)NC2CN(c3nc4cnccc4s3)C2)n(C)n1. The summed E-state index contributed by atoms with van der Waals surface area (Å²) in [6.07, 6.45) is 3.55. The van der Waals surface area contributed by atoms with Crippen LogP contribution in [-0.4, -0.2) is 44.8 Å². The Labute approximate surface area is 137 Å². The highest BCUT2D eigenvalue weighted by molar-refractivity contribution is 7.22. The molecule has 23 heavy (non-hydrogen) atoms. The molecule has 1 aliphatic heterocycles. The Balaban J connectivity index is 1.39. The van der Waals surface area contributed by atoms with Gasteiger partial charge in [-0.25, -0.2) is 4.98 Å². The summed E-state index contributed by atoms with van der Waals surface area (Å²) in [6.45, 7) is 3.43. The van der Waals surface area contributed by atoms with Crippen molar-refractivity contribution in [3.63, 3.8) is 0 Å². The van der Waals surface area contributed by atoms with Crippen LogP contribution in [0.1, 0.15) is 16.2 Å². The number of anilines is 1. The van der Waals surface area contributed by atoms with Gasteiger partial charge in [-0.15, -0.1) is 0 Å². The van der Waals surface area contributed by atoms with Gasteiger partial charge < -0.3 is 10.2 Å². The lowest BCUT2D eigenvalue weighted by Gasteiger charge is -2.39. The number of fused-ring (bicyclic) bond motifs is 1. The highest BCUT2D eigenvalue weighted by Crippen LogP contribution is 2.30. The molecule has 3 aromatic heterocycles. The zero-order chi connectivity index (χ0) is 16.0. The molecule has 1 N–H and O–H groups in total. The number of rotatable bonds is 3. The van der Waals surface area contributed by atoms with E-state index < -0.39 is 0 Å². The predicted octanol–water partition coefficient (Wildman–Crippen LogP) is 1.35. The minimum atomic E-state index is -0.0775. The highest BCUT2D eigenvalue weighted by Gasteiger charge is 2.31. The average molecular weight is 328 g/mol. The second-order valence-electron chi connectivity index (χ2n) is 5.71. The maximum absolute atomic E-state index is 12.3. The number of hydrogen-bond acceptors (Lipinski definition) is 6. The van der Waals surface area contributed by atoms with E-state index in [9.17, 15) is 4.79 Å². The van der Waals surface area contributed by atoms with Gasteiger partial charge in [0.15, 0.2) is 5.13 Å². The van der Waals surface area contributed by atoms with Crippen molar-refractivity contribution in [2.75, 3.05) is 18.0 Å². The maximum Gasteiger partial charge on any atom is 0.269 e. The van der Waals surface area contributed by atoms with Crippen LogP contribution in [0.25, 0.3) is 10.2 Å². The fourth-order valence-corrected chi connectivity index (χ4v) is 3.66. The van der Waals surface area contributed by atoms with Gasteiger partial charge in [0.25, 0.3) is 5.91 Å². The van der Waals surface area contributed by atoms with Crippen molar-refractivity contribution in [1.29, 1.82) is 0 Å². The molecule has 8 heteroatoms. The highest BCUT2D eigenvalue weighted by atomic mass is 32.1. The molecule has 0 radical (unpaired) electrons. The molecule has 118 valence electrons. The molecule has 1 saturated heterocycles. The first kappa shape index (κ1) is 14.1. The van der Waals surface area contributed by atoms with Crippen LogP contribution < -0.4 is 10.2 Å². The minimum Gasteiger partial charge on any atom is -0.344 e. The van der Waals surface area contributed by atoms with Gasteiger partial charge in [-0.1, -0.05) is 11.3 Å². The van der Waals surface area contributed by atoms with Crippen LogP contribution in [0.5, 0.6) is 0 Å². The average Bonchev–Trinajstić information content (AvgIpc) is 3.04. The van der Waals surface area contributed by atoms with Gasteiger partial charge in [0.05, 0.1) is 22.6 Å². The van der Waals surface area contributed by atoms with E-state index >= 15 is 0 Å². The summed E-state index contributed by atoms with van der Waals surface area (Å²) in [5.41, 5.74) is 2.35. The molecule has 3 aromatic rings. The third kappa shape index (κ3) is 2.55. The number of pyridine rings is 1. The van der Waals surface area contributed by atoms with Crippen molar-refractivity contribution in [1.82, 2.24) is 25.1 Å². The standard InChI is InChI=1S/C15H16N6OS/c1-9-5-12(20(2)19-9)14(22)17-10-7-21(8-10)15-18-11-6-16-4-3-13(11)23-15/h3-6,10H,7-8H2,1-2H3,(H,17,22). The number of amides is 1. The Hall–Kier alpha value is -2.48. The third-order valence-electron chi connectivity index (χ3n) is 3.90. The van der Waals surface area contributed by atoms with Gasteiger partial charge in [-0.2, -0.15) is 5.10 Å². The van der Waals surface area contributed by atoms with E-state index in [0.29, 0.717) is 5.69 Å². The first-order valence-corrected chi connectivity index (χ1v) is 8.19. The fourth-order valence-electron chi connectivity index (χ4n) is 2.71. The van der Waals surface area contributed by atoms with Crippen LogP contribution in [-0.2, 0) is 7.05 Å². The van der Waals surface area contributed by atoms with Gasteiger partial charge in [-0.3, -0.25) is 14.5 Å². The normalized spacial score (nSPS) is 15.0. The number of thiazole rings is 1. The number of aryl methyl sites for hydroxylation is 2. The van der Waals surface area contributed by atoms with Crippen molar-refractivity contribution in [2.24, 2.45) is 7.05 Å². The molecule has 1 amide bonds. The van der Waals surface area contributed by atoms with Gasteiger partial charge >= 0.3 is 0 Å². The molecule has 4 rings (SSSR count). The molecule has 0 bridgehead atoms. The smallest absolute Gasteiger partial charge is 0.269 e. The summed E-state index contributed by atoms with van der Waals surface area (Å²) in [6, 6.07) is 3.91. The van der Waals surface area contributed by atoms with E-state index in [-0.39, 0.29) is 11.9 Å². The second-order valence-corrected chi connectivity index (χ2v) is 6.72. The molecule has 0 aromatic carbocycles. The summed E-state index contributed by atoms with van der Waals surface area (Å²) in [4.78, 5) is 23.1. The quantitative estimate of drug-likeness (QED) is 0.785. The molecule has 7 nitrogen and oxygen atoms in total. The maximum atomic E-state index is 12.3. The van der Waals surface area contributed by atoms with E-state index in [1.807, 2.05) is 13.0 Å². The summed E-state index contributed by atoms with van der Waals surface area (Å²) in [7, 11) is 1.78. The van der Waals surface area contributed by atoms with Crippen LogP contribution in [0.15, 0.2) is 24.5 Å². The zero-order valence-electron chi connectivity index (χ0n) is 12.9. The largest absolute Gasteiger partial charge is 0.344 e. The van der Waals surface area contributed by atoms with Crippen molar-refractivity contribution in [3.8, 4) is 0 Å². The molecule has 0 saturated carbocycles. The minimum absolute atomic E-state index is 0.0775. The Bertz CT molecular complexity index is 846. The summed E-state index contributed by atoms with van der Waals surface area (Å²) < 4.78 is 2.75. The summed E-state index contributed by atoms with van der Waals surface area (Å²) >= 11 is 1.65. The Morgan fingerprint density at radius 2 is 2.26 bits per heavy atom. The predicted molar refractivity (Wildman–Crippen MR) is 88.8 cm³/mol. The summed E-state index contributed by atoms with van der Waals surface area (Å²) in [5, 5.41) is 8.23. The Morgan fingerprint density at radius 3 is 2.96 bits per heavy atom. The molecule has 0 unspecified atom stereocenters. The lowest BCUT2D eigenvalue weighted by Crippen LogP contribution is -2.59. The van der Waals surface area contributed by atoms with Crippen molar-refractivity contribution >= 4 is 32.6 Å². The van der Waals surface area contributed by atoms with Crippen molar-refractivity contribution in [3.05, 3.63) is 35.9 Å². The number of carbonyl (C=O) groups is 1. The van der Waals surface area contributed by atoms with E-state index in [1.165, 1.54) is 0 Å². The second kappa shape index (κ2) is 5.31. The van der Waals surface area contributed by atoms with E-state index in [1.54, 1.807) is 41.5 Å². The van der Waals surface area contributed by atoms with E-state index in [2.05, 4.69) is 25.3 Å². The van der Waals surface area contributed by atoms with E-state index in [4.69, 9.17) is 0 Å². The number of aromatic nitrogens is 4. The number of carbonyl (C=O) groups excluding carboxylic acids is 1. The monoisotopic (exact) mass is 328 g/mol. The first-order valence-electron chi connectivity index (χ1n) is 7.37. The number of nitrogens with zero attached hydrogens (tertiary/aromatic N) is 5. The number of hydrogen-bond donors (Lipinski definition) is 1. The van der Waals surface area contributed by atoms with E-state index in [0.717, 1.165) is 34.1 Å². The van der Waals surface area contributed by atoms with Gasteiger partial charge in [0, 0.05) is 26.3 Å². The Morgan fingerprint density at radius 1 is 1.43 bits per heavy atom. The van der Waals surface area contributed by atoms with Gasteiger partial charge in [-0.05, 0) is 19.1 Å². The van der Waals surface area contributed by atoms with Crippen LogP contribution in [0.4, 0.5) is 5.13 Å². The van der Waals surface area contributed by atoms with Crippen molar-refractivity contribution in [2.45, 2.75) is 13.0 Å². The first-order chi connectivity index (χ1) is 11.1. The van der Waals surface area contributed by atoms with Gasteiger partial charge in [0.1, 0.15) is 11.2 Å². The fraction of sp³-hybridized carbons (Fsp3) is 0.333. The summed E-state index contributed by atoms with van der Waals surface area (Å²) in [5.74, 6) is -0.0775. The molecule has 1 fully saturated rings. The molecular formula is C15H16N6OS. The molecule has 4 heterocycles. The van der Waals surface area contributed by atoms with Crippen LogP contribution in [0.2, 0.25) is 0 Å². The molecule has 0 spiro atoms. The molecular weight excluding hydrogens is 312 g/mol. The van der Waals surface area contributed by atoms with Crippen LogP contribution >= 0.6 is 11.3 Å². The topological polar surface area (TPSA) is 75.9 Å². The number of nitrogens with one attached hydrogen (secondary N) is 1. The van der Waals surface area contributed by atoms with Gasteiger partial charge in [0.2, 0.25) is 0 Å². The third-order valence-corrected chi connectivity index (χ3v) is 5.00. The molecule has 0 atom stereocenters. The zero-order valence-corrected chi connectivity index (χ0v) is 13.7. The van der Waals surface area contributed by atoms with Crippen LogP contribution in [0, 0.1) is 6.92 Å². The van der Waals surface area contributed by atoms with Crippen molar-refractivity contribution < 1.29 is 4.79 Å².